The molecule has 0 aromatic rings. The minimum atomic E-state index is -3.18. The number of hydrogen-bond donors (Lipinski definition) is 1. The summed E-state index contributed by atoms with van der Waals surface area (Å²) in [6.45, 7) is 1.42. The molecule has 2 aliphatic heterocycles. The molecule has 1 atom stereocenters. The van der Waals surface area contributed by atoms with Crippen molar-refractivity contribution < 1.29 is 18.3 Å². The molecule has 2 aliphatic rings. The van der Waals surface area contributed by atoms with Gasteiger partial charge >= 0.3 is 5.97 Å². The highest BCUT2D eigenvalue weighted by molar-refractivity contribution is 7.91. The molecule has 2 heterocycles. The van der Waals surface area contributed by atoms with Crippen LogP contribution in [-0.2, 0) is 14.6 Å². The van der Waals surface area contributed by atoms with Gasteiger partial charge in [-0.15, -0.1) is 0 Å². The summed E-state index contributed by atoms with van der Waals surface area (Å²) in [5.74, 6) is -1.18. The normalized spacial score (nSPS) is 34.4. The lowest BCUT2D eigenvalue weighted by molar-refractivity contribution is -0.150. The van der Waals surface area contributed by atoms with E-state index >= 15 is 0 Å². The monoisotopic (exact) mass is 261 g/mol. The van der Waals surface area contributed by atoms with Gasteiger partial charge in [-0.25, -0.2) is 8.42 Å². The van der Waals surface area contributed by atoms with Crippen molar-refractivity contribution in [2.75, 3.05) is 24.6 Å². The molecule has 0 spiro atoms. The fourth-order valence-corrected chi connectivity index (χ4v) is 4.86. The molecule has 0 aliphatic carbocycles. The third kappa shape index (κ3) is 2.47. The van der Waals surface area contributed by atoms with Crippen LogP contribution in [0.5, 0.6) is 0 Å². The number of carbonyl (C=O) groups is 1. The summed E-state index contributed by atoms with van der Waals surface area (Å²) in [7, 11) is -3.18. The molecule has 0 aromatic carbocycles. The standard InChI is InChI=1S/C11H19NO4S/c13-10(14)11(5-8-17(15,16)9-11)12-6-3-1-2-4-7-12/h1-9H2,(H,13,14). The van der Waals surface area contributed by atoms with Crippen LogP contribution in [0.15, 0.2) is 0 Å². The van der Waals surface area contributed by atoms with E-state index in [-0.39, 0.29) is 17.9 Å². The molecule has 5 nitrogen and oxygen atoms in total. The zero-order valence-corrected chi connectivity index (χ0v) is 10.7. The van der Waals surface area contributed by atoms with Crippen molar-refractivity contribution in [1.82, 2.24) is 4.90 Å². The maximum absolute atomic E-state index is 11.6. The van der Waals surface area contributed by atoms with Crippen LogP contribution in [-0.4, -0.2) is 54.5 Å². The van der Waals surface area contributed by atoms with E-state index < -0.39 is 21.3 Å². The molecule has 0 radical (unpaired) electrons. The Balaban J connectivity index is 2.25. The average Bonchev–Trinajstić information content (AvgIpc) is 2.47. The first-order valence-corrected chi connectivity index (χ1v) is 7.97. The predicted octanol–water partition coefficient (Wildman–Crippen LogP) is 0.504. The summed E-state index contributed by atoms with van der Waals surface area (Å²) in [6.07, 6.45) is 4.40. The first-order chi connectivity index (χ1) is 7.96. The minimum Gasteiger partial charge on any atom is -0.480 e. The molecule has 17 heavy (non-hydrogen) atoms. The molecule has 2 fully saturated rings. The summed E-state index contributed by atoms with van der Waals surface area (Å²) < 4.78 is 23.2. The van der Waals surface area contributed by atoms with Crippen LogP contribution in [0, 0.1) is 0 Å². The topological polar surface area (TPSA) is 74.7 Å². The van der Waals surface area contributed by atoms with Crippen molar-refractivity contribution in [1.29, 1.82) is 0 Å². The Morgan fingerprint density at radius 1 is 1.12 bits per heavy atom. The number of carboxylic acids is 1. The van der Waals surface area contributed by atoms with Crippen LogP contribution >= 0.6 is 0 Å². The number of aliphatic carboxylic acids is 1. The van der Waals surface area contributed by atoms with Crippen LogP contribution in [0.4, 0.5) is 0 Å². The Bertz CT molecular complexity index is 398. The van der Waals surface area contributed by atoms with E-state index in [0.717, 1.165) is 25.7 Å². The van der Waals surface area contributed by atoms with Gasteiger partial charge in [-0.05, 0) is 32.4 Å². The van der Waals surface area contributed by atoms with Crippen LogP contribution in [0.25, 0.3) is 0 Å². The van der Waals surface area contributed by atoms with Gasteiger partial charge in [0.15, 0.2) is 9.84 Å². The van der Waals surface area contributed by atoms with Crippen molar-refractivity contribution in [2.24, 2.45) is 0 Å². The molecular formula is C11H19NO4S. The largest absolute Gasteiger partial charge is 0.480 e. The Labute approximate surface area is 102 Å². The number of sulfone groups is 1. The van der Waals surface area contributed by atoms with E-state index in [2.05, 4.69) is 0 Å². The van der Waals surface area contributed by atoms with E-state index in [1.807, 2.05) is 4.90 Å². The van der Waals surface area contributed by atoms with E-state index in [1.54, 1.807) is 0 Å². The SMILES string of the molecule is O=C(O)C1(N2CCCCCC2)CCS(=O)(=O)C1. The smallest absolute Gasteiger partial charge is 0.325 e. The molecule has 0 saturated carbocycles. The zero-order chi connectivity index (χ0) is 12.5. The molecule has 1 N–H and O–H groups in total. The summed E-state index contributed by atoms with van der Waals surface area (Å²) in [4.78, 5) is 13.4. The van der Waals surface area contributed by atoms with Crippen molar-refractivity contribution >= 4 is 15.8 Å². The average molecular weight is 261 g/mol. The highest BCUT2D eigenvalue weighted by atomic mass is 32.2. The van der Waals surface area contributed by atoms with Gasteiger partial charge in [-0.3, -0.25) is 9.69 Å². The number of nitrogens with zero attached hydrogens (tertiary/aromatic N) is 1. The molecular weight excluding hydrogens is 242 g/mol. The third-order valence-corrected chi connectivity index (χ3v) is 5.64. The lowest BCUT2D eigenvalue weighted by Crippen LogP contribution is -2.56. The fraction of sp³-hybridized carbons (Fsp3) is 0.909. The van der Waals surface area contributed by atoms with Gasteiger partial charge in [0.05, 0.1) is 11.5 Å². The summed E-state index contributed by atoms with van der Waals surface area (Å²) in [5.41, 5.74) is -1.15. The number of likely N-dealkylation sites (tertiary alicyclic amines) is 1. The maximum atomic E-state index is 11.6. The van der Waals surface area contributed by atoms with Crippen molar-refractivity contribution in [2.45, 2.75) is 37.6 Å². The molecule has 0 bridgehead atoms. The molecule has 98 valence electrons. The fourth-order valence-electron chi connectivity index (χ4n) is 2.88. The van der Waals surface area contributed by atoms with Crippen LogP contribution < -0.4 is 0 Å². The molecule has 2 rings (SSSR count). The molecule has 1 unspecified atom stereocenters. The Hall–Kier alpha value is -0.620. The Morgan fingerprint density at radius 3 is 2.12 bits per heavy atom. The second-order valence-electron chi connectivity index (χ2n) is 5.08. The highest BCUT2D eigenvalue weighted by Crippen LogP contribution is 2.32. The lowest BCUT2D eigenvalue weighted by Gasteiger charge is -2.36. The van der Waals surface area contributed by atoms with Crippen LogP contribution in [0.1, 0.15) is 32.1 Å². The van der Waals surface area contributed by atoms with Gasteiger partial charge in [0.2, 0.25) is 0 Å². The van der Waals surface area contributed by atoms with E-state index in [0.29, 0.717) is 13.1 Å². The highest BCUT2D eigenvalue weighted by Gasteiger charge is 2.52. The molecule has 2 saturated heterocycles. The van der Waals surface area contributed by atoms with Gasteiger partial charge in [0, 0.05) is 0 Å². The predicted molar refractivity (Wildman–Crippen MR) is 63.7 cm³/mol. The van der Waals surface area contributed by atoms with Gasteiger partial charge in [0.25, 0.3) is 0 Å². The number of hydrogen-bond acceptors (Lipinski definition) is 4. The first kappa shape index (κ1) is 12.8. The van der Waals surface area contributed by atoms with Gasteiger partial charge < -0.3 is 5.11 Å². The second kappa shape index (κ2) is 4.57. The van der Waals surface area contributed by atoms with E-state index in [4.69, 9.17) is 0 Å². The Kier molecular flexibility index (Phi) is 3.45. The Morgan fingerprint density at radius 2 is 1.71 bits per heavy atom. The second-order valence-corrected chi connectivity index (χ2v) is 7.26. The molecule has 6 heteroatoms. The summed E-state index contributed by atoms with van der Waals surface area (Å²) in [6, 6.07) is 0. The van der Waals surface area contributed by atoms with Crippen molar-refractivity contribution in [3.63, 3.8) is 0 Å². The van der Waals surface area contributed by atoms with Crippen LogP contribution in [0.2, 0.25) is 0 Å². The summed E-state index contributed by atoms with van der Waals surface area (Å²) in [5, 5.41) is 9.43. The zero-order valence-electron chi connectivity index (χ0n) is 9.89. The van der Waals surface area contributed by atoms with Gasteiger partial charge in [-0.2, -0.15) is 0 Å². The summed E-state index contributed by atoms with van der Waals surface area (Å²) >= 11 is 0. The van der Waals surface area contributed by atoms with Gasteiger partial charge in [-0.1, -0.05) is 12.8 Å². The first-order valence-electron chi connectivity index (χ1n) is 6.15. The van der Waals surface area contributed by atoms with Gasteiger partial charge in [0.1, 0.15) is 5.54 Å². The number of carboxylic acid groups (broad SMARTS) is 1. The molecule has 0 aromatic heterocycles. The van der Waals surface area contributed by atoms with E-state index in [9.17, 15) is 18.3 Å². The quantitative estimate of drug-likeness (QED) is 0.783. The van der Waals surface area contributed by atoms with Crippen LogP contribution in [0.3, 0.4) is 0 Å². The lowest BCUT2D eigenvalue weighted by atomic mass is 9.96. The molecule has 0 amide bonds. The third-order valence-electron chi connectivity index (χ3n) is 3.89. The van der Waals surface area contributed by atoms with E-state index in [1.165, 1.54) is 0 Å². The van der Waals surface area contributed by atoms with Crippen molar-refractivity contribution in [3.8, 4) is 0 Å². The number of rotatable bonds is 2. The van der Waals surface area contributed by atoms with Crippen molar-refractivity contribution in [3.05, 3.63) is 0 Å². The maximum Gasteiger partial charge on any atom is 0.325 e. The minimum absolute atomic E-state index is 0.00972.